The summed E-state index contributed by atoms with van der Waals surface area (Å²) in [6.07, 6.45) is 0. The van der Waals surface area contributed by atoms with Crippen molar-refractivity contribution in [1.82, 2.24) is 0 Å². The van der Waals surface area contributed by atoms with Crippen LogP contribution in [0.25, 0.3) is 0 Å². The molecule has 0 aliphatic rings. The van der Waals surface area contributed by atoms with Gasteiger partial charge in [0.2, 0.25) is 0 Å². The minimum atomic E-state index is 0.630. The summed E-state index contributed by atoms with van der Waals surface area (Å²) in [7, 11) is 2.09. The highest BCUT2D eigenvalue weighted by atomic mass is 16.5. The Morgan fingerprint density at radius 1 is 1.06 bits per heavy atom. The number of aryl methyl sites for hydroxylation is 1. The van der Waals surface area contributed by atoms with Gasteiger partial charge >= 0.3 is 0 Å². The molecule has 2 aromatic carbocycles. The molecule has 0 bridgehead atoms. The average molecular weight is 210 g/mol. The van der Waals surface area contributed by atoms with Gasteiger partial charge in [-0.2, -0.15) is 0 Å². The van der Waals surface area contributed by atoms with Gasteiger partial charge in [-0.1, -0.05) is 47.9 Å². The van der Waals surface area contributed by atoms with E-state index in [9.17, 15) is 0 Å². The van der Waals surface area contributed by atoms with Gasteiger partial charge in [0.15, 0.2) is 0 Å². The molecule has 1 nitrogen and oxygen atoms in total. The van der Waals surface area contributed by atoms with Crippen molar-refractivity contribution in [2.24, 2.45) is 0 Å². The molecule has 0 fully saturated rings. The maximum Gasteiger partial charge on any atom is 0.139 e. The Kier molecular flexibility index (Phi) is 3.30. The first-order valence-electron chi connectivity index (χ1n) is 5.50. The zero-order valence-corrected chi connectivity index (χ0v) is 9.73. The van der Waals surface area contributed by atoms with E-state index < -0.39 is 0 Å². The fourth-order valence-corrected chi connectivity index (χ4v) is 1.70. The third-order valence-corrected chi connectivity index (χ3v) is 2.57. The topological polar surface area (TPSA) is 9.23 Å². The highest BCUT2D eigenvalue weighted by molar-refractivity contribution is 6.32. The van der Waals surface area contributed by atoms with E-state index in [4.69, 9.17) is 4.74 Å². The summed E-state index contributed by atoms with van der Waals surface area (Å²) < 4.78 is 5.78. The number of ether oxygens (including phenoxy) is 1. The quantitative estimate of drug-likeness (QED) is 0.702. The van der Waals surface area contributed by atoms with Crippen LogP contribution in [0.3, 0.4) is 0 Å². The first-order chi connectivity index (χ1) is 7.75. The average Bonchev–Trinajstić information content (AvgIpc) is 2.29. The molecule has 0 aliphatic heterocycles. The van der Waals surface area contributed by atoms with Crippen molar-refractivity contribution >= 4 is 13.3 Å². The fourth-order valence-electron chi connectivity index (χ4n) is 1.70. The monoisotopic (exact) mass is 210 g/mol. The molecular formula is C14H15BO. The van der Waals surface area contributed by atoms with E-state index >= 15 is 0 Å². The molecule has 2 aromatic rings. The Hall–Kier alpha value is -1.70. The highest BCUT2D eigenvalue weighted by Crippen LogP contribution is 2.16. The lowest BCUT2D eigenvalue weighted by molar-refractivity contribution is 0.304. The molecule has 2 rings (SSSR count). The second-order valence-corrected chi connectivity index (χ2v) is 4.04. The molecular weight excluding hydrogens is 195 g/mol. The first kappa shape index (κ1) is 10.8. The molecule has 2 heteroatoms. The largest absolute Gasteiger partial charge is 0.489 e. The van der Waals surface area contributed by atoms with Crippen molar-refractivity contribution in [2.75, 3.05) is 0 Å². The van der Waals surface area contributed by atoms with E-state index in [1.165, 1.54) is 16.6 Å². The van der Waals surface area contributed by atoms with E-state index in [2.05, 4.69) is 39.0 Å². The maximum atomic E-state index is 5.78. The van der Waals surface area contributed by atoms with E-state index in [1.807, 2.05) is 24.3 Å². The molecule has 0 saturated carbocycles. The molecule has 0 aliphatic carbocycles. The lowest BCUT2D eigenvalue weighted by atomic mass is 9.94. The van der Waals surface area contributed by atoms with Gasteiger partial charge in [-0.3, -0.25) is 0 Å². The van der Waals surface area contributed by atoms with Gasteiger partial charge in [0.25, 0.3) is 0 Å². The Morgan fingerprint density at radius 3 is 2.50 bits per heavy atom. The molecule has 0 saturated heterocycles. The number of benzene rings is 2. The summed E-state index contributed by atoms with van der Waals surface area (Å²) in [4.78, 5) is 0. The fraction of sp³-hybridized carbons (Fsp3) is 0.143. The lowest BCUT2D eigenvalue weighted by Crippen LogP contribution is -2.04. The van der Waals surface area contributed by atoms with Crippen LogP contribution in [0, 0.1) is 6.92 Å². The van der Waals surface area contributed by atoms with Crippen LogP contribution < -0.4 is 10.2 Å². The normalized spacial score (nSPS) is 10.1. The lowest BCUT2D eigenvalue weighted by Gasteiger charge is -2.09. The van der Waals surface area contributed by atoms with Gasteiger partial charge in [-0.15, -0.1) is 0 Å². The number of rotatable bonds is 3. The molecule has 0 aromatic heterocycles. The molecule has 0 heterocycles. The standard InChI is InChI=1S/C14H15BO/c1-11-9-13(15)7-8-14(11)16-10-12-5-3-2-4-6-12/h2-9H,10,15H2,1H3. The van der Waals surface area contributed by atoms with Crippen LogP contribution in [0.15, 0.2) is 48.5 Å². The van der Waals surface area contributed by atoms with Crippen molar-refractivity contribution in [3.05, 3.63) is 59.7 Å². The Morgan fingerprint density at radius 2 is 1.81 bits per heavy atom. The van der Waals surface area contributed by atoms with Gasteiger partial charge in [0.1, 0.15) is 20.2 Å². The molecule has 16 heavy (non-hydrogen) atoms. The summed E-state index contributed by atoms with van der Waals surface area (Å²) in [6, 6.07) is 16.5. The van der Waals surface area contributed by atoms with Crippen LogP contribution in [0.2, 0.25) is 0 Å². The zero-order valence-electron chi connectivity index (χ0n) is 9.73. The van der Waals surface area contributed by atoms with Crippen LogP contribution in [-0.2, 0) is 6.61 Å². The Bertz CT molecular complexity index is 465. The third-order valence-electron chi connectivity index (χ3n) is 2.57. The summed E-state index contributed by atoms with van der Waals surface area (Å²) >= 11 is 0. The van der Waals surface area contributed by atoms with Crippen molar-refractivity contribution in [3.63, 3.8) is 0 Å². The highest BCUT2D eigenvalue weighted by Gasteiger charge is 1.99. The predicted octanol–water partition coefficient (Wildman–Crippen LogP) is 1.83. The summed E-state index contributed by atoms with van der Waals surface area (Å²) in [5.74, 6) is 0.967. The van der Waals surface area contributed by atoms with Crippen LogP contribution in [-0.4, -0.2) is 7.85 Å². The van der Waals surface area contributed by atoms with E-state index in [-0.39, 0.29) is 0 Å². The SMILES string of the molecule is Bc1ccc(OCc2ccccc2)c(C)c1. The van der Waals surface area contributed by atoms with E-state index in [0.717, 1.165) is 5.75 Å². The van der Waals surface area contributed by atoms with Gasteiger partial charge in [-0.25, -0.2) is 0 Å². The minimum absolute atomic E-state index is 0.630. The second kappa shape index (κ2) is 4.89. The first-order valence-corrected chi connectivity index (χ1v) is 5.50. The number of hydrogen-bond acceptors (Lipinski definition) is 1. The smallest absolute Gasteiger partial charge is 0.139 e. The molecule has 0 unspecified atom stereocenters. The van der Waals surface area contributed by atoms with Crippen molar-refractivity contribution in [3.8, 4) is 5.75 Å². The van der Waals surface area contributed by atoms with E-state index in [0.29, 0.717) is 6.61 Å². The predicted molar refractivity (Wildman–Crippen MR) is 70.1 cm³/mol. The summed E-state index contributed by atoms with van der Waals surface area (Å²) in [5.41, 5.74) is 3.66. The molecule has 0 spiro atoms. The number of hydrogen-bond donors (Lipinski definition) is 0. The molecule has 0 atom stereocenters. The Labute approximate surface area is 97.5 Å². The van der Waals surface area contributed by atoms with Gasteiger partial charge in [-0.05, 0) is 24.1 Å². The van der Waals surface area contributed by atoms with E-state index in [1.54, 1.807) is 0 Å². The van der Waals surface area contributed by atoms with Crippen LogP contribution >= 0.6 is 0 Å². The Balaban J connectivity index is 2.05. The molecule has 0 amide bonds. The third kappa shape index (κ3) is 2.66. The summed E-state index contributed by atoms with van der Waals surface area (Å²) in [6.45, 7) is 2.71. The van der Waals surface area contributed by atoms with Gasteiger partial charge < -0.3 is 4.74 Å². The van der Waals surface area contributed by atoms with Crippen molar-refractivity contribution in [2.45, 2.75) is 13.5 Å². The summed E-state index contributed by atoms with van der Waals surface area (Å²) in [5, 5.41) is 0. The minimum Gasteiger partial charge on any atom is -0.489 e. The maximum absolute atomic E-state index is 5.78. The van der Waals surface area contributed by atoms with Crippen LogP contribution in [0.1, 0.15) is 11.1 Å². The molecule has 80 valence electrons. The van der Waals surface area contributed by atoms with Crippen molar-refractivity contribution in [1.29, 1.82) is 0 Å². The van der Waals surface area contributed by atoms with Crippen LogP contribution in [0.4, 0.5) is 0 Å². The molecule has 0 radical (unpaired) electrons. The van der Waals surface area contributed by atoms with Crippen LogP contribution in [0.5, 0.6) is 5.75 Å². The molecule has 0 N–H and O–H groups in total. The zero-order chi connectivity index (χ0) is 11.4. The second-order valence-electron chi connectivity index (χ2n) is 4.04. The van der Waals surface area contributed by atoms with Gasteiger partial charge in [0, 0.05) is 0 Å². The van der Waals surface area contributed by atoms with Crippen molar-refractivity contribution < 1.29 is 4.74 Å². The van der Waals surface area contributed by atoms with Gasteiger partial charge in [0.05, 0.1) is 0 Å².